The number of benzene rings is 2. The van der Waals surface area contributed by atoms with Crippen molar-refractivity contribution in [3.63, 3.8) is 0 Å². The van der Waals surface area contributed by atoms with Gasteiger partial charge >= 0.3 is 11.9 Å². The van der Waals surface area contributed by atoms with Crippen LogP contribution in [0.1, 0.15) is 33.2 Å². The fourth-order valence-corrected chi connectivity index (χ4v) is 3.53. The molecule has 0 saturated carbocycles. The van der Waals surface area contributed by atoms with Gasteiger partial charge in [-0.3, -0.25) is 9.59 Å². The van der Waals surface area contributed by atoms with Crippen LogP contribution in [0.2, 0.25) is 10.0 Å². The number of nitrogens with two attached hydrogens (primary N) is 1. The van der Waals surface area contributed by atoms with E-state index in [0.717, 1.165) is 12.4 Å². The monoisotopic (exact) mass is 523 g/mol. The number of nitrogens with zero attached hydrogens (tertiary/aromatic N) is 1. The molecular weight excluding hydrogens is 501 g/mol. The van der Waals surface area contributed by atoms with Crippen molar-refractivity contribution in [1.82, 2.24) is 16.1 Å². The molecule has 11 nitrogen and oxygen atoms in total. The van der Waals surface area contributed by atoms with Gasteiger partial charge in [-0.1, -0.05) is 23.2 Å². The van der Waals surface area contributed by atoms with Gasteiger partial charge in [0.15, 0.2) is 0 Å². The Hall–Kier alpha value is -3.67. The van der Waals surface area contributed by atoms with Gasteiger partial charge in [-0.05, 0) is 48.9 Å². The van der Waals surface area contributed by atoms with E-state index >= 15 is 0 Å². The zero-order chi connectivity index (χ0) is 26.0. The van der Waals surface area contributed by atoms with Crippen LogP contribution in [0.15, 0.2) is 41.4 Å². The van der Waals surface area contributed by atoms with Crippen molar-refractivity contribution in [3.8, 4) is 0 Å². The van der Waals surface area contributed by atoms with Crippen molar-refractivity contribution in [3.05, 3.63) is 63.1 Å². The highest BCUT2D eigenvalue weighted by molar-refractivity contribution is 6.34. The van der Waals surface area contributed by atoms with Crippen molar-refractivity contribution >= 4 is 59.0 Å². The quantitative estimate of drug-likeness (QED) is 0.0974. The Kier molecular flexibility index (Phi) is 10.5. The van der Waals surface area contributed by atoms with Crippen LogP contribution >= 0.6 is 23.2 Å². The fourth-order valence-electron chi connectivity index (χ4n) is 2.96. The summed E-state index contributed by atoms with van der Waals surface area (Å²) in [5.41, 5.74) is 2.68. The maximum absolute atomic E-state index is 12.5. The van der Waals surface area contributed by atoms with Crippen LogP contribution in [-0.2, 0) is 20.7 Å². The minimum absolute atomic E-state index is 0.0441. The molecule has 13 heteroatoms. The van der Waals surface area contributed by atoms with Crippen LogP contribution in [0.4, 0.5) is 5.69 Å². The number of hydrogen-bond acceptors (Lipinski definition) is 7. The number of aliphatic imine (C=N–C) groups is 1. The van der Waals surface area contributed by atoms with Crippen molar-refractivity contribution in [2.45, 2.75) is 19.4 Å². The van der Waals surface area contributed by atoms with Crippen molar-refractivity contribution in [1.29, 1.82) is 0 Å². The second kappa shape index (κ2) is 13.3. The molecule has 186 valence electrons. The maximum Gasteiger partial charge on any atom is 0.335 e. The first-order valence-electron chi connectivity index (χ1n) is 10.2. The van der Waals surface area contributed by atoms with Gasteiger partial charge in [0.25, 0.3) is 5.91 Å². The van der Waals surface area contributed by atoms with E-state index in [1.54, 1.807) is 19.1 Å². The molecule has 1 unspecified atom stereocenters. The van der Waals surface area contributed by atoms with Gasteiger partial charge in [-0.15, -0.1) is 0 Å². The molecule has 0 spiro atoms. The van der Waals surface area contributed by atoms with Crippen LogP contribution in [0.25, 0.3) is 0 Å². The number of esters is 1. The molecule has 0 saturated heterocycles. The molecule has 2 aromatic carbocycles. The van der Waals surface area contributed by atoms with Crippen LogP contribution < -0.4 is 21.9 Å². The van der Waals surface area contributed by atoms with E-state index in [-0.39, 0.29) is 29.8 Å². The summed E-state index contributed by atoms with van der Waals surface area (Å²) in [7, 11) is 0. The second-order valence-electron chi connectivity index (χ2n) is 7.04. The molecule has 2 amide bonds. The third kappa shape index (κ3) is 8.89. The third-order valence-corrected chi connectivity index (χ3v) is 4.83. The summed E-state index contributed by atoms with van der Waals surface area (Å²) in [6.07, 6.45) is 1.16. The molecule has 0 radical (unpaired) electrons. The van der Waals surface area contributed by atoms with Gasteiger partial charge in [0.1, 0.15) is 12.4 Å². The zero-order valence-electron chi connectivity index (χ0n) is 18.5. The standard InChI is InChI=1S/C22H23Cl2N5O6/c1-2-35-22(34)18(5-12-3-15(23)9-16(24)4-12)29-19(30)10-26-20(31)13-6-14(21(32)33)8-17(7-13)27-11-28-25/h3-4,6-9,11,18H,2,5,10,25H2,1H3,(H,26,31)(H,27,28)(H,29,30)(H,32,33). The maximum atomic E-state index is 12.5. The van der Waals surface area contributed by atoms with E-state index in [1.807, 2.05) is 0 Å². The summed E-state index contributed by atoms with van der Waals surface area (Å²) < 4.78 is 5.02. The summed E-state index contributed by atoms with van der Waals surface area (Å²) >= 11 is 12.0. The topological polar surface area (TPSA) is 172 Å². The zero-order valence-corrected chi connectivity index (χ0v) is 20.0. The van der Waals surface area contributed by atoms with Gasteiger partial charge in [0.2, 0.25) is 5.91 Å². The lowest BCUT2D eigenvalue weighted by Crippen LogP contribution is -2.47. The number of halogens is 2. The average molecular weight is 524 g/mol. The summed E-state index contributed by atoms with van der Waals surface area (Å²) in [5.74, 6) is 1.76. The Morgan fingerprint density at radius 3 is 2.34 bits per heavy atom. The number of carbonyl (C=O) groups is 4. The minimum Gasteiger partial charge on any atom is -0.478 e. The van der Waals surface area contributed by atoms with Crippen molar-refractivity contribution in [2.75, 3.05) is 13.2 Å². The molecule has 6 N–H and O–H groups in total. The van der Waals surface area contributed by atoms with Gasteiger partial charge < -0.3 is 25.9 Å². The molecule has 0 aliphatic heterocycles. The number of hydrogen-bond donors (Lipinski definition) is 5. The lowest BCUT2D eigenvalue weighted by Gasteiger charge is -2.18. The molecule has 0 fully saturated rings. The minimum atomic E-state index is -1.27. The predicted octanol–water partition coefficient (Wildman–Crippen LogP) is 1.84. The molecule has 35 heavy (non-hydrogen) atoms. The Bertz CT molecular complexity index is 1120. The molecule has 0 heterocycles. The van der Waals surface area contributed by atoms with Gasteiger partial charge in [0.05, 0.1) is 24.4 Å². The van der Waals surface area contributed by atoms with Crippen molar-refractivity contribution < 1.29 is 29.0 Å². The van der Waals surface area contributed by atoms with E-state index < -0.39 is 36.3 Å². The highest BCUT2D eigenvalue weighted by atomic mass is 35.5. The number of carboxylic acid groups (broad SMARTS) is 1. The van der Waals surface area contributed by atoms with E-state index in [4.69, 9.17) is 33.8 Å². The average Bonchev–Trinajstić information content (AvgIpc) is 2.80. The van der Waals surface area contributed by atoms with E-state index in [1.165, 1.54) is 18.2 Å². The molecular formula is C22H23Cl2N5O6. The first-order chi connectivity index (χ1) is 16.6. The number of rotatable bonds is 11. The highest BCUT2D eigenvalue weighted by Crippen LogP contribution is 2.20. The Morgan fingerprint density at radius 2 is 1.74 bits per heavy atom. The number of aromatic carboxylic acids is 1. The van der Waals surface area contributed by atoms with Crippen molar-refractivity contribution in [2.24, 2.45) is 10.8 Å². The largest absolute Gasteiger partial charge is 0.478 e. The van der Waals surface area contributed by atoms with Crippen LogP contribution in [0, 0.1) is 0 Å². The molecule has 0 aliphatic rings. The first-order valence-corrected chi connectivity index (χ1v) is 10.9. The highest BCUT2D eigenvalue weighted by Gasteiger charge is 2.23. The van der Waals surface area contributed by atoms with Gasteiger partial charge in [-0.2, -0.15) is 0 Å². The van der Waals surface area contributed by atoms with Crippen LogP contribution in [-0.4, -0.2) is 54.4 Å². The number of nitrogens with one attached hydrogen (secondary N) is 3. The van der Waals surface area contributed by atoms with Gasteiger partial charge in [0, 0.05) is 22.0 Å². The number of hydrazine groups is 1. The molecule has 0 bridgehead atoms. The third-order valence-electron chi connectivity index (χ3n) is 4.39. The summed E-state index contributed by atoms with van der Waals surface area (Å²) in [6, 6.07) is 7.36. The van der Waals surface area contributed by atoms with E-state index in [0.29, 0.717) is 15.6 Å². The number of amides is 2. The van der Waals surface area contributed by atoms with E-state index in [2.05, 4.69) is 21.1 Å². The lowest BCUT2D eigenvalue weighted by molar-refractivity contribution is -0.147. The fraction of sp³-hybridized carbons (Fsp3) is 0.227. The predicted molar refractivity (Wildman–Crippen MR) is 130 cm³/mol. The Morgan fingerprint density at radius 1 is 1.09 bits per heavy atom. The first kappa shape index (κ1) is 27.6. The van der Waals surface area contributed by atoms with E-state index in [9.17, 15) is 24.3 Å². The van der Waals surface area contributed by atoms with Gasteiger partial charge in [-0.25, -0.2) is 20.4 Å². The molecule has 0 aliphatic carbocycles. The normalized spacial score (nSPS) is 11.5. The molecule has 2 aromatic rings. The Balaban J connectivity index is 2.10. The number of carbonyl (C=O) groups excluding carboxylic acids is 3. The number of carboxylic acids is 1. The smallest absolute Gasteiger partial charge is 0.335 e. The Labute approximate surface area is 210 Å². The second-order valence-corrected chi connectivity index (χ2v) is 7.91. The lowest BCUT2D eigenvalue weighted by atomic mass is 10.1. The van der Waals surface area contributed by atoms with Crippen LogP contribution in [0.5, 0.6) is 0 Å². The molecule has 1 atom stereocenters. The SMILES string of the molecule is CCOC(=O)C(Cc1cc(Cl)cc(Cl)c1)NC(=O)CNC(=O)c1cc(N=CNN)cc(C(=O)O)c1. The molecule has 2 rings (SSSR count). The van der Waals surface area contributed by atoms with Crippen LogP contribution in [0.3, 0.4) is 0 Å². The molecule has 0 aromatic heterocycles. The number of ether oxygens (including phenoxy) is 1. The summed E-state index contributed by atoms with van der Waals surface area (Å²) in [4.78, 5) is 52.6. The summed E-state index contributed by atoms with van der Waals surface area (Å²) in [6.45, 7) is 1.23. The summed E-state index contributed by atoms with van der Waals surface area (Å²) in [5, 5.41) is 14.9.